The van der Waals surface area contributed by atoms with Crippen molar-refractivity contribution in [2.45, 2.75) is 0 Å². The number of pyridine rings is 1. The fourth-order valence-electron chi connectivity index (χ4n) is 2.20. The van der Waals surface area contributed by atoms with Gasteiger partial charge in [0.25, 0.3) is 5.89 Å². The van der Waals surface area contributed by atoms with Gasteiger partial charge in [-0.25, -0.2) is 4.98 Å². The smallest absolute Gasteiger partial charge is 0.259 e. The molecule has 2 heterocycles. The number of aromatic nitrogens is 3. The van der Waals surface area contributed by atoms with Gasteiger partial charge in [0.1, 0.15) is 11.6 Å². The van der Waals surface area contributed by atoms with Gasteiger partial charge in [-0.2, -0.15) is 4.98 Å². The molecule has 0 saturated carbocycles. The summed E-state index contributed by atoms with van der Waals surface area (Å²) in [7, 11) is 3.49. The molecular weight excluding hydrogens is 308 g/mol. The molecule has 0 fully saturated rings. The van der Waals surface area contributed by atoms with Gasteiger partial charge >= 0.3 is 0 Å². The topological polar surface area (TPSA) is 84.5 Å². The van der Waals surface area contributed by atoms with E-state index in [1.165, 1.54) is 0 Å². The molecule has 24 heavy (non-hydrogen) atoms. The second kappa shape index (κ2) is 7.10. The molecular formula is C17H18N4O3. The maximum Gasteiger partial charge on any atom is 0.259 e. The molecule has 7 heteroatoms. The van der Waals surface area contributed by atoms with Crippen LogP contribution in [0.1, 0.15) is 0 Å². The van der Waals surface area contributed by atoms with Crippen LogP contribution >= 0.6 is 0 Å². The highest BCUT2D eigenvalue weighted by Crippen LogP contribution is 2.24. The summed E-state index contributed by atoms with van der Waals surface area (Å²) in [6.07, 6.45) is 1.68. The Morgan fingerprint density at radius 3 is 2.50 bits per heavy atom. The summed E-state index contributed by atoms with van der Waals surface area (Å²) in [5.74, 6) is 2.45. The van der Waals surface area contributed by atoms with E-state index in [0.717, 1.165) is 22.7 Å². The first-order valence-corrected chi connectivity index (χ1v) is 7.48. The number of aliphatic hydroxyl groups excluding tert-OH is 1. The van der Waals surface area contributed by atoms with Crippen LogP contribution in [0.5, 0.6) is 5.75 Å². The number of ether oxygens (including phenoxy) is 1. The molecule has 0 atom stereocenters. The first kappa shape index (κ1) is 15.9. The summed E-state index contributed by atoms with van der Waals surface area (Å²) in [6.45, 7) is 0.601. The van der Waals surface area contributed by atoms with Crippen molar-refractivity contribution in [2.24, 2.45) is 0 Å². The molecule has 0 spiro atoms. The Labute approximate surface area is 139 Å². The Morgan fingerprint density at radius 1 is 1.12 bits per heavy atom. The summed E-state index contributed by atoms with van der Waals surface area (Å²) in [5, 5.41) is 13.0. The molecule has 0 aliphatic carbocycles. The van der Waals surface area contributed by atoms with Crippen molar-refractivity contribution in [1.29, 1.82) is 0 Å². The van der Waals surface area contributed by atoms with E-state index in [2.05, 4.69) is 15.1 Å². The van der Waals surface area contributed by atoms with Crippen molar-refractivity contribution in [3.05, 3.63) is 42.6 Å². The molecule has 0 aliphatic heterocycles. The Balaban J connectivity index is 1.79. The van der Waals surface area contributed by atoms with Crippen LogP contribution in [0.2, 0.25) is 0 Å². The summed E-state index contributed by atoms with van der Waals surface area (Å²) in [6, 6.07) is 11.2. The molecule has 1 N–H and O–H groups in total. The number of likely N-dealkylation sites (N-methyl/N-ethyl adjacent to an activating group) is 1. The summed E-state index contributed by atoms with van der Waals surface area (Å²) in [5.41, 5.74) is 1.58. The molecule has 7 nitrogen and oxygen atoms in total. The van der Waals surface area contributed by atoms with Crippen molar-refractivity contribution in [3.8, 4) is 28.6 Å². The monoisotopic (exact) mass is 326 g/mol. The Kier molecular flexibility index (Phi) is 4.72. The van der Waals surface area contributed by atoms with Crippen molar-refractivity contribution in [3.63, 3.8) is 0 Å². The lowest BCUT2D eigenvalue weighted by Crippen LogP contribution is -2.21. The van der Waals surface area contributed by atoms with Gasteiger partial charge in [-0.1, -0.05) is 5.16 Å². The van der Waals surface area contributed by atoms with Gasteiger partial charge in [0.15, 0.2) is 0 Å². The predicted octanol–water partition coefficient (Wildman–Crippen LogP) is 2.24. The molecule has 0 bridgehead atoms. The molecule has 3 aromatic rings. The molecule has 1 aromatic carbocycles. The maximum absolute atomic E-state index is 8.96. The van der Waals surface area contributed by atoms with Gasteiger partial charge in [-0.15, -0.1) is 0 Å². The van der Waals surface area contributed by atoms with Gasteiger partial charge in [-0.05, 0) is 36.4 Å². The Hall–Kier alpha value is -2.93. The number of hydrogen-bond acceptors (Lipinski definition) is 7. The fraction of sp³-hybridized carbons (Fsp3) is 0.235. The van der Waals surface area contributed by atoms with E-state index in [-0.39, 0.29) is 6.61 Å². The number of anilines is 1. The second-order valence-electron chi connectivity index (χ2n) is 5.20. The third-order valence-corrected chi connectivity index (χ3v) is 3.60. The van der Waals surface area contributed by atoms with Crippen LogP contribution in [-0.2, 0) is 0 Å². The molecule has 0 amide bonds. The number of nitrogens with zero attached hydrogens (tertiary/aromatic N) is 4. The Morgan fingerprint density at radius 2 is 1.88 bits per heavy atom. The average molecular weight is 326 g/mol. The number of benzene rings is 1. The fourth-order valence-corrected chi connectivity index (χ4v) is 2.20. The predicted molar refractivity (Wildman–Crippen MR) is 89.9 cm³/mol. The highest BCUT2D eigenvalue weighted by Gasteiger charge is 2.12. The molecule has 3 rings (SSSR count). The van der Waals surface area contributed by atoms with E-state index < -0.39 is 0 Å². The minimum absolute atomic E-state index is 0.0782. The minimum atomic E-state index is 0.0782. The van der Waals surface area contributed by atoms with E-state index in [4.69, 9.17) is 14.4 Å². The summed E-state index contributed by atoms with van der Waals surface area (Å²) >= 11 is 0. The van der Waals surface area contributed by atoms with Crippen molar-refractivity contribution < 1.29 is 14.4 Å². The molecule has 0 radical (unpaired) electrons. The third kappa shape index (κ3) is 3.36. The lowest BCUT2D eigenvalue weighted by molar-refractivity contribution is 0.304. The largest absolute Gasteiger partial charge is 0.497 e. The zero-order valence-corrected chi connectivity index (χ0v) is 13.5. The van der Waals surface area contributed by atoms with Gasteiger partial charge < -0.3 is 19.3 Å². The minimum Gasteiger partial charge on any atom is -0.497 e. The van der Waals surface area contributed by atoms with Crippen LogP contribution in [0, 0.1) is 0 Å². The SMILES string of the molecule is COc1ccc(-c2noc(-c3ccc(N(C)CCO)nc3)n2)cc1. The number of aliphatic hydroxyl groups is 1. The maximum atomic E-state index is 8.96. The zero-order chi connectivity index (χ0) is 16.9. The molecule has 124 valence electrons. The molecule has 0 aliphatic rings. The van der Waals surface area contributed by atoms with Crippen LogP contribution in [0.4, 0.5) is 5.82 Å². The highest BCUT2D eigenvalue weighted by atomic mass is 16.5. The molecule has 2 aromatic heterocycles. The van der Waals surface area contributed by atoms with Crippen LogP contribution in [0.15, 0.2) is 47.1 Å². The van der Waals surface area contributed by atoms with Crippen LogP contribution in [0.25, 0.3) is 22.8 Å². The van der Waals surface area contributed by atoms with E-state index >= 15 is 0 Å². The van der Waals surface area contributed by atoms with E-state index in [1.807, 2.05) is 48.3 Å². The summed E-state index contributed by atoms with van der Waals surface area (Å²) < 4.78 is 10.5. The van der Waals surface area contributed by atoms with Crippen molar-refractivity contribution in [1.82, 2.24) is 15.1 Å². The third-order valence-electron chi connectivity index (χ3n) is 3.60. The van der Waals surface area contributed by atoms with E-state index in [9.17, 15) is 0 Å². The van der Waals surface area contributed by atoms with Crippen molar-refractivity contribution >= 4 is 5.82 Å². The number of hydrogen-bond donors (Lipinski definition) is 1. The molecule has 0 unspecified atom stereocenters. The van der Waals surface area contributed by atoms with Gasteiger partial charge in [-0.3, -0.25) is 0 Å². The average Bonchev–Trinajstić information content (AvgIpc) is 3.12. The second-order valence-corrected chi connectivity index (χ2v) is 5.20. The van der Waals surface area contributed by atoms with E-state index in [1.54, 1.807) is 13.3 Å². The van der Waals surface area contributed by atoms with Crippen LogP contribution < -0.4 is 9.64 Å². The highest BCUT2D eigenvalue weighted by molar-refractivity contribution is 5.60. The first-order chi connectivity index (χ1) is 11.7. The summed E-state index contributed by atoms with van der Waals surface area (Å²) in [4.78, 5) is 10.6. The van der Waals surface area contributed by atoms with Crippen LogP contribution in [0.3, 0.4) is 0 Å². The number of methoxy groups -OCH3 is 1. The van der Waals surface area contributed by atoms with Crippen molar-refractivity contribution in [2.75, 3.05) is 32.2 Å². The Bertz CT molecular complexity index is 784. The number of rotatable bonds is 6. The first-order valence-electron chi connectivity index (χ1n) is 7.48. The van der Waals surface area contributed by atoms with Gasteiger partial charge in [0, 0.05) is 25.4 Å². The zero-order valence-electron chi connectivity index (χ0n) is 13.5. The van der Waals surface area contributed by atoms with Gasteiger partial charge in [0.2, 0.25) is 5.82 Å². The van der Waals surface area contributed by atoms with Gasteiger partial charge in [0.05, 0.1) is 19.3 Å². The standard InChI is InChI=1S/C17H18N4O3/c1-21(9-10-22)15-8-5-13(11-18-15)17-19-16(20-24-17)12-3-6-14(23-2)7-4-12/h3-8,11,22H,9-10H2,1-2H3. The van der Waals surface area contributed by atoms with E-state index in [0.29, 0.717) is 18.3 Å². The normalized spacial score (nSPS) is 10.6. The molecule has 0 saturated heterocycles. The lowest BCUT2D eigenvalue weighted by atomic mass is 10.2. The lowest BCUT2D eigenvalue weighted by Gasteiger charge is -2.16. The quantitative estimate of drug-likeness (QED) is 0.743. The van der Waals surface area contributed by atoms with Crippen LogP contribution in [-0.4, -0.2) is 47.5 Å².